The van der Waals surface area contributed by atoms with Crippen molar-refractivity contribution in [2.24, 2.45) is 17.8 Å². The van der Waals surface area contributed by atoms with Crippen LogP contribution in [0.2, 0.25) is 0 Å². The molecule has 7 atom stereocenters. The third kappa shape index (κ3) is 9.50. The van der Waals surface area contributed by atoms with Crippen molar-refractivity contribution in [1.82, 2.24) is 25.2 Å². The Bertz CT molecular complexity index is 2260. The van der Waals surface area contributed by atoms with Gasteiger partial charge < -0.3 is 29.7 Å². The summed E-state index contributed by atoms with van der Waals surface area (Å²) < 4.78 is 46.0. The minimum atomic E-state index is -3.92. The molecule has 2 aliphatic carbocycles. The second-order valence-electron chi connectivity index (χ2n) is 17.6. The lowest BCUT2D eigenvalue weighted by atomic mass is 9.88. The Hall–Kier alpha value is -5.18. The fraction of sp³-hybridized carbons (Fsp3) is 0.523. The molecule has 14 nitrogen and oxygen atoms in total. The first-order valence-corrected chi connectivity index (χ1v) is 22.1. The SMILES string of the molecule is COc1ccc2c(O[C@@H]3C[C@H]4C(=O)N[C@]5(C(=O)NS(=O)(=O)C6CC6)C[C@H]5/C=C\CC[C@H](C)C[C@@H](C)[C@H](NC(=O)OC(C)(C)C)C(=O)N4C3)nc(-c3ccccc3)cc2c1.[HH].[HH].[HH]. The van der Waals surface area contributed by atoms with E-state index in [1.807, 2.05) is 67.6 Å². The van der Waals surface area contributed by atoms with Crippen molar-refractivity contribution < 1.29 is 46.1 Å². The molecule has 3 fully saturated rings. The molecule has 0 spiro atoms. The number of fused-ring (bicyclic) bond motifs is 3. The van der Waals surface area contributed by atoms with Crippen molar-refractivity contribution in [3.05, 3.63) is 66.7 Å². The number of nitrogens with zero attached hydrogens (tertiary/aromatic N) is 2. The standard InChI is InChI=1S/C44H55N5O9S.3H2/c1-26-12-10-11-15-30-24-44(30,41(52)48-59(54,55)33-17-18-33)47-38(50)36-23-32(25-49(36)40(51)37(27(2)20-26)46-42(53)58-43(3,4)5)57-39-34-19-16-31(56-6)21-29(34)22-35(45-39)28-13-8-7-9-14-28;;;/h7-9,11,13-16,19,21-22,26-27,30,32-33,36-37H,10,12,17-18,20,23-25H2,1-6H3,(H,46,53)(H,47,50)(H,48,52);3*1H/b15-11-;;;/t26-,27+,30+,32+,36-,37-,44+;;;/m0.../s1. The molecule has 2 aliphatic heterocycles. The van der Waals surface area contributed by atoms with E-state index in [0.717, 1.165) is 17.4 Å². The van der Waals surface area contributed by atoms with E-state index in [1.165, 1.54) is 4.90 Å². The predicted molar refractivity (Wildman–Crippen MR) is 228 cm³/mol. The number of aromatic nitrogens is 1. The normalized spacial score (nSPS) is 28.2. The van der Waals surface area contributed by atoms with E-state index in [0.29, 0.717) is 48.4 Å². The maximum atomic E-state index is 14.9. The number of alkyl carbamates (subject to hydrolysis) is 1. The molecular formula is C44H61N5O9S. The second-order valence-corrected chi connectivity index (χ2v) is 19.6. The Morgan fingerprint density at radius 2 is 1.76 bits per heavy atom. The molecule has 2 aromatic carbocycles. The average molecular weight is 836 g/mol. The summed E-state index contributed by atoms with van der Waals surface area (Å²) in [4.78, 5) is 63.1. The van der Waals surface area contributed by atoms with Crippen LogP contribution < -0.4 is 24.8 Å². The number of ether oxygens (including phenoxy) is 3. The lowest BCUT2D eigenvalue weighted by Gasteiger charge is -2.33. The lowest BCUT2D eigenvalue weighted by molar-refractivity contribution is -0.142. The zero-order valence-corrected chi connectivity index (χ0v) is 35.3. The molecule has 4 amide bonds. The fourth-order valence-electron chi connectivity index (χ4n) is 8.27. The molecule has 322 valence electrons. The topological polar surface area (TPSA) is 182 Å². The van der Waals surface area contributed by atoms with Crippen LogP contribution in [0.1, 0.15) is 83.8 Å². The zero-order chi connectivity index (χ0) is 42.3. The third-order valence-electron chi connectivity index (χ3n) is 11.6. The smallest absolute Gasteiger partial charge is 0.408 e. The molecule has 7 rings (SSSR count). The number of hydrogen-bond acceptors (Lipinski definition) is 10. The zero-order valence-electron chi connectivity index (χ0n) is 34.5. The fourth-order valence-corrected chi connectivity index (χ4v) is 9.63. The summed E-state index contributed by atoms with van der Waals surface area (Å²) in [5.74, 6) is -1.65. The number of allylic oxidation sites excluding steroid dienone is 1. The van der Waals surface area contributed by atoms with E-state index in [-0.39, 0.29) is 35.5 Å². The molecule has 3 aromatic rings. The highest BCUT2D eigenvalue weighted by molar-refractivity contribution is 7.91. The summed E-state index contributed by atoms with van der Waals surface area (Å²) in [5.41, 5.74) is -0.858. The molecule has 15 heteroatoms. The van der Waals surface area contributed by atoms with Gasteiger partial charge in [0.25, 0.3) is 5.91 Å². The molecule has 0 bridgehead atoms. The van der Waals surface area contributed by atoms with Crippen LogP contribution in [0.5, 0.6) is 11.6 Å². The Morgan fingerprint density at radius 3 is 2.46 bits per heavy atom. The minimum absolute atomic E-state index is 0. The monoisotopic (exact) mass is 835 g/mol. The van der Waals surface area contributed by atoms with Gasteiger partial charge in [-0.3, -0.25) is 19.1 Å². The lowest BCUT2D eigenvalue weighted by Crippen LogP contribution is -2.59. The van der Waals surface area contributed by atoms with E-state index >= 15 is 0 Å². The third-order valence-corrected chi connectivity index (χ3v) is 13.5. The van der Waals surface area contributed by atoms with Crippen LogP contribution in [0.15, 0.2) is 66.7 Å². The van der Waals surface area contributed by atoms with Gasteiger partial charge in [0, 0.05) is 27.6 Å². The van der Waals surface area contributed by atoms with Gasteiger partial charge in [-0.25, -0.2) is 18.2 Å². The summed E-state index contributed by atoms with van der Waals surface area (Å²) in [5, 5.41) is 6.61. The van der Waals surface area contributed by atoms with Crippen LogP contribution in [0.4, 0.5) is 4.79 Å². The van der Waals surface area contributed by atoms with Crippen molar-refractivity contribution in [2.75, 3.05) is 13.7 Å². The molecule has 59 heavy (non-hydrogen) atoms. The number of methoxy groups -OCH3 is 1. The summed E-state index contributed by atoms with van der Waals surface area (Å²) in [6.07, 6.45) is 5.50. The van der Waals surface area contributed by atoms with Gasteiger partial charge in [-0.1, -0.05) is 56.3 Å². The number of benzene rings is 2. The van der Waals surface area contributed by atoms with Crippen molar-refractivity contribution in [2.45, 2.75) is 114 Å². The Kier molecular flexibility index (Phi) is 11.7. The van der Waals surface area contributed by atoms with Crippen molar-refractivity contribution in [3.8, 4) is 22.9 Å². The van der Waals surface area contributed by atoms with E-state index in [4.69, 9.17) is 19.2 Å². The average Bonchev–Trinajstić information content (AvgIpc) is 4.11. The number of rotatable bonds is 8. The number of hydrogen-bond donors (Lipinski definition) is 3. The van der Waals surface area contributed by atoms with Gasteiger partial charge in [0.2, 0.25) is 27.7 Å². The highest BCUT2D eigenvalue weighted by atomic mass is 32.2. The van der Waals surface area contributed by atoms with Gasteiger partial charge in [0.05, 0.1) is 24.6 Å². The molecular weight excluding hydrogens is 775 g/mol. The number of nitrogens with one attached hydrogen (secondary N) is 3. The van der Waals surface area contributed by atoms with Crippen LogP contribution >= 0.6 is 0 Å². The maximum absolute atomic E-state index is 14.9. The van der Waals surface area contributed by atoms with Crippen LogP contribution in [0, 0.1) is 17.8 Å². The van der Waals surface area contributed by atoms with Crippen LogP contribution in [-0.4, -0.2) is 90.3 Å². The predicted octanol–water partition coefficient (Wildman–Crippen LogP) is 6.39. The molecule has 1 aromatic heterocycles. The number of carbonyl (C=O) groups is 4. The van der Waals surface area contributed by atoms with Gasteiger partial charge in [-0.05, 0) is 101 Å². The summed E-state index contributed by atoms with van der Waals surface area (Å²) in [7, 11) is -2.33. The Balaban J connectivity index is 0.00000282. The largest absolute Gasteiger partial charge is 0.497 e. The molecule has 3 N–H and O–H groups in total. The van der Waals surface area contributed by atoms with Crippen LogP contribution in [0.25, 0.3) is 22.0 Å². The molecule has 0 radical (unpaired) electrons. The van der Waals surface area contributed by atoms with Gasteiger partial charge in [0.15, 0.2) is 0 Å². The summed E-state index contributed by atoms with van der Waals surface area (Å²) in [6, 6.07) is 14.9. The number of pyridine rings is 1. The molecule has 2 saturated carbocycles. The minimum Gasteiger partial charge on any atom is -0.497 e. The van der Waals surface area contributed by atoms with Gasteiger partial charge in [0.1, 0.15) is 35.1 Å². The van der Waals surface area contributed by atoms with Crippen molar-refractivity contribution >= 4 is 44.6 Å². The quantitative estimate of drug-likeness (QED) is 0.215. The van der Waals surface area contributed by atoms with E-state index in [2.05, 4.69) is 22.3 Å². The second kappa shape index (κ2) is 16.5. The Labute approximate surface area is 350 Å². The number of sulfonamides is 1. The van der Waals surface area contributed by atoms with Gasteiger partial charge in [-0.2, -0.15) is 0 Å². The van der Waals surface area contributed by atoms with Crippen LogP contribution in [-0.2, 0) is 29.1 Å². The summed E-state index contributed by atoms with van der Waals surface area (Å²) in [6.45, 7) is 9.15. The molecule has 1 saturated heterocycles. The van der Waals surface area contributed by atoms with E-state index in [1.54, 1.807) is 33.9 Å². The Morgan fingerprint density at radius 1 is 1.02 bits per heavy atom. The molecule has 0 unspecified atom stereocenters. The molecule has 3 heterocycles. The number of amides is 4. The molecule has 4 aliphatic rings. The number of carbonyl (C=O) groups excluding carboxylic acids is 4. The first kappa shape index (κ1) is 42.0. The van der Waals surface area contributed by atoms with Gasteiger partial charge in [-0.15, -0.1) is 0 Å². The van der Waals surface area contributed by atoms with Gasteiger partial charge >= 0.3 is 6.09 Å². The van der Waals surface area contributed by atoms with E-state index in [9.17, 15) is 27.6 Å². The highest BCUT2D eigenvalue weighted by Gasteiger charge is 2.62. The first-order chi connectivity index (χ1) is 28.0. The van der Waals surface area contributed by atoms with Crippen molar-refractivity contribution in [1.29, 1.82) is 0 Å². The maximum Gasteiger partial charge on any atom is 0.408 e. The summed E-state index contributed by atoms with van der Waals surface area (Å²) >= 11 is 0. The first-order valence-electron chi connectivity index (χ1n) is 20.5. The van der Waals surface area contributed by atoms with E-state index < -0.39 is 74.3 Å². The van der Waals surface area contributed by atoms with Crippen molar-refractivity contribution in [3.63, 3.8) is 0 Å². The highest BCUT2D eigenvalue weighted by Crippen LogP contribution is 2.46. The van der Waals surface area contributed by atoms with Crippen LogP contribution in [0.3, 0.4) is 0 Å².